The molecule has 22 heavy (non-hydrogen) atoms. The van der Waals surface area contributed by atoms with E-state index in [0.29, 0.717) is 17.1 Å². The summed E-state index contributed by atoms with van der Waals surface area (Å²) in [6, 6.07) is -0.894. The fourth-order valence-corrected chi connectivity index (χ4v) is 2.56. The van der Waals surface area contributed by atoms with Crippen molar-refractivity contribution in [3.05, 3.63) is 29.7 Å². The molecule has 0 aromatic carbocycles. The van der Waals surface area contributed by atoms with Gasteiger partial charge < -0.3 is 10.4 Å². The summed E-state index contributed by atoms with van der Waals surface area (Å²) in [7, 11) is 0. The maximum absolute atomic E-state index is 12.1. The van der Waals surface area contributed by atoms with E-state index in [-0.39, 0.29) is 5.69 Å². The van der Waals surface area contributed by atoms with Gasteiger partial charge in [-0.2, -0.15) is 0 Å². The lowest BCUT2D eigenvalue weighted by molar-refractivity contribution is -0.139. The molecule has 0 saturated carbocycles. The summed E-state index contributed by atoms with van der Waals surface area (Å²) in [5.74, 6) is -1.53. The molecule has 0 aliphatic rings. The highest BCUT2D eigenvalue weighted by atomic mass is 32.1. The predicted octanol–water partition coefficient (Wildman–Crippen LogP) is 1.97. The molecule has 0 bridgehead atoms. The van der Waals surface area contributed by atoms with Crippen molar-refractivity contribution in [1.82, 2.24) is 20.3 Å². The molecule has 0 fully saturated rings. The number of unbranched alkanes of at least 4 members (excludes halogenated alkanes) is 1. The van der Waals surface area contributed by atoms with Gasteiger partial charge in [-0.05, 0) is 6.42 Å². The molecule has 1 atom stereocenters. The van der Waals surface area contributed by atoms with Gasteiger partial charge in [0.05, 0.1) is 6.20 Å². The van der Waals surface area contributed by atoms with Gasteiger partial charge in [0.15, 0.2) is 0 Å². The van der Waals surface area contributed by atoms with Crippen LogP contribution in [0.25, 0.3) is 10.7 Å². The Morgan fingerprint density at radius 1 is 1.41 bits per heavy atom. The highest BCUT2D eigenvalue weighted by molar-refractivity contribution is 7.13. The van der Waals surface area contributed by atoms with E-state index in [4.69, 9.17) is 5.11 Å². The minimum atomic E-state index is -1.04. The number of carboxylic acids is 1. The Morgan fingerprint density at radius 2 is 2.23 bits per heavy atom. The fourth-order valence-electron chi connectivity index (χ4n) is 1.80. The van der Waals surface area contributed by atoms with E-state index in [1.807, 2.05) is 6.92 Å². The van der Waals surface area contributed by atoms with Crippen LogP contribution in [-0.4, -0.2) is 38.0 Å². The molecular formula is C14H16N4O3S. The number of hydrogen-bond acceptors (Lipinski definition) is 6. The monoisotopic (exact) mass is 320 g/mol. The molecule has 2 N–H and O–H groups in total. The van der Waals surface area contributed by atoms with Crippen LogP contribution in [0.4, 0.5) is 0 Å². The van der Waals surface area contributed by atoms with Crippen molar-refractivity contribution in [2.45, 2.75) is 32.2 Å². The minimum Gasteiger partial charge on any atom is -0.480 e. The summed E-state index contributed by atoms with van der Waals surface area (Å²) >= 11 is 1.26. The molecule has 2 rings (SSSR count). The number of carbonyl (C=O) groups is 2. The third-order valence-corrected chi connectivity index (χ3v) is 3.83. The molecule has 0 aliphatic heterocycles. The van der Waals surface area contributed by atoms with Crippen molar-refractivity contribution in [3.8, 4) is 10.7 Å². The maximum atomic E-state index is 12.1. The number of aromatic nitrogens is 3. The molecule has 7 nitrogen and oxygen atoms in total. The topological polar surface area (TPSA) is 105 Å². The summed E-state index contributed by atoms with van der Waals surface area (Å²) in [5.41, 5.74) is 0.765. The van der Waals surface area contributed by atoms with Gasteiger partial charge in [0.25, 0.3) is 5.91 Å². The third kappa shape index (κ3) is 4.08. The van der Waals surface area contributed by atoms with Gasteiger partial charge in [0, 0.05) is 17.8 Å². The molecule has 0 aliphatic carbocycles. The number of amides is 1. The summed E-state index contributed by atoms with van der Waals surface area (Å²) in [6.45, 7) is 1.97. The molecule has 0 saturated heterocycles. The minimum absolute atomic E-state index is 0.188. The number of aliphatic carboxylic acids is 1. The van der Waals surface area contributed by atoms with E-state index in [0.717, 1.165) is 12.8 Å². The van der Waals surface area contributed by atoms with Gasteiger partial charge in [-0.3, -0.25) is 14.8 Å². The molecule has 1 amide bonds. The van der Waals surface area contributed by atoms with Crippen LogP contribution < -0.4 is 5.32 Å². The first-order chi connectivity index (χ1) is 10.6. The number of nitrogens with zero attached hydrogens (tertiary/aromatic N) is 3. The summed E-state index contributed by atoms with van der Waals surface area (Å²) in [6.07, 6.45) is 6.66. The SMILES string of the molecule is CCCCC(NC(=O)c1csc(-c2cnccn2)n1)C(=O)O. The Hall–Kier alpha value is -2.35. The van der Waals surface area contributed by atoms with E-state index in [9.17, 15) is 9.59 Å². The van der Waals surface area contributed by atoms with E-state index < -0.39 is 17.9 Å². The number of hydrogen-bond donors (Lipinski definition) is 2. The van der Waals surface area contributed by atoms with E-state index >= 15 is 0 Å². The number of carbonyl (C=O) groups excluding carboxylic acids is 1. The highest BCUT2D eigenvalue weighted by Gasteiger charge is 2.21. The van der Waals surface area contributed by atoms with Crippen molar-refractivity contribution in [1.29, 1.82) is 0 Å². The lowest BCUT2D eigenvalue weighted by atomic mass is 10.1. The van der Waals surface area contributed by atoms with Crippen LogP contribution in [0.3, 0.4) is 0 Å². The van der Waals surface area contributed by atoms with E-state index in [2.05, 4.69) is 20.3 Å². The molecular weight excluding hydrogens is 304 g/mol. The van der Waals surface area contributed by atoms with Crippen LogP contribution in [0.5, 0.6) is 0 Å². The van der Waals surface area contributed by atoms with Crippen LogP contribution in [0.15, 0.2) is 24.0 Å². The van der Waals surface area contributed by atoms with Crippen molar-refractivity contribution >= 4 is 23.2 Å². The molecule has 2 aromatic rings. The summed E-state index contributed by atoms with van der Waals surface area (Å²) < 4.78 is 0. The Kier molecular flexibility index (Phi) is 5.54. The lowest BCUT2D eigenvalue weighted by Gasteiger charge is -2.12. The van der Waals surface area contributed by atoms with Crippen LogP contribution in [0, 0.1) is 0 Å². The highest BCUT2D eigenvalue weighted by Crippen LogP contribution is 2.20. The summed E-state index contributed by atoms with van der Waals surface area (Å²) in [4.78, 5) is 35.5. The first kappa shape index (κ1) is 16.0. The zero-order valence-corrected chi connectivity index (χ0v) is 12.8. The summed E-state index contributed by atoms with van der Waals surface area (Å²) in [5, 5.41) is 13.8. The second kappa shape index (κ2) is 7.60. The lowest BCUT2D eigenvalue weighted by Crippen LogP contribution is -2.40. The molecule has 8 heteroatoms. The smallest absolute Gasteiger partial charge is 0.326 e. The zero-order valence-electron chi connectivity index (χ0n) is 12.0. The molecule has 0 spiro atoms. The zero-order chi connectivity index (χ0) is 15.9. The fraction of sp³-hybridized carbons (Fsp3) is 0.357. The van der Waals surface area contributed by atoms with Gasteiger partial charge in [0.1, 0.15) is 22.4 Å². The Morgan fingerprint density at radius 3 is 2.86 bits per heavy atom. The first-order valence-electron chi connectivity index (χ1n) is 6.87. The molecule has 1 unspecified atom stereocenters. The third-order valence-electron chi connectivity index (χ3n) is 2.97. The molecule has 0 radical (unpaired) electrons. The second-order valence-corrected chi connectivity index (χ2v) is 5.49. The van der Waals surface area contributed by atoms with E-state index in [1.54, 1.807) is 24.0 Å². The van der Waals surface area contributed by atoms with Gasteiger partial charge in [0.2, 0.25) is 0 Å². The van der Waals surface area contributed by atoms with Gasteiger partial charge in [-0.1, -0.05) is 19.8 Å². The number of thiazole rings is 1. The van der Waals surface area contributed by atoms with Crippen molar-refractivity contribution in [2.24, 2.45) is 0 Å². The Balaban J connectivity index is 2.06. The quantitative estimate of drug-likeness (QED) is 0.808. The maximum Gasteiger partial charge on any atom is 0.326 e. The van der Waals surface area contributed by atoms with Crippen LogP contribution in [-0.2, 0) is 4.79 Å². The Labute approximate surface area is 131 Å². The molecule has 2 aromatic heterocycles. The van der Waals surface area contributed by atoms with Crippen LogP contribution in [0.1, 0.15) is 36.7 Å². The van der Waals surface area contributed by atoms with Crippen molar-refractivity contribution in [2.75, 3.05) is 0 Å². The Bertz CT molecular complexity index is 645. The van der Waals surface area contributed by atoms with E-state index in [1.165, 1.54) is 11.3 Å². The van der Waals surface area contributed by atoms with Crippen molar-refractivity contribution < 1.29 is 14.7 Å². The normalized spacial score (nSPS) is 11.9. The van der Waals surface area contributed by atoms with Gasteiger partial charge >= 0.3 is 5.97 Å². The standard InChI is InChI=1S/C14H16N4O3S/c1-2-3-4-9(14(20)21)17-12(19)11-8-22-13(18-11)10-7-15-5-6-16-10/h5-9H,2-4H2,1H3,(H,17,19)(H,20,21). The van der Waals surface area contributed by atoms with Crippen molar-refractivity contribution in [3.63, 3.8) is 0 Å². The number of nitrogens with one attached hydrogen (secondary N) is 1. The van der Waals surface area contributed by atoms with Crippen LogP contribution >= 0.6 is 11.3 Å². The average Bonchev–Trinajstić information content (AvgIpc) is 3.02. The first-order valence-corrected chi connectivity index (χ1v) is 7.75. The molecule has 116 valence electrons. The van der Waals surface area contributed by atoms with Gasteiger partial charge in [-0.25, -0.2) is 9.78 Å². The average molecular weight is 320 g/mol. The predicted molar refractivity (Wildman–Crippen MR) is 81.6 cm³/mol. The molecule has 2 heterocycles. The largest absolute Gasteiger partial charge is 0.480 e. The number of carboxylic acid groups (broad SMARTS) is 1. The number of rotatable bonds is 7. The second-order valence-electron chi connectivity index (χ2n) is 4.64. The van der Waals surface area contributed by atoms with Gasteiger partial charge in [-0.15, -0.1) is 11.3 Å². The van der Waals surface area contributed by atoms with Crippen LogP contribution in [0.2, 0.25) is 0 Å².